The van der Waals surface area contributed by atoms with Crippen LogP contribution in [0.2, 0.25) is 0 Å². The molecule has 1 N–H and O–H groups in total. The van der Waals surface area contributed by atoms with Crippen LogP contribution in [0.15, 0.2) is 48.5 Å². The van der Waals surface area contributed by atoms with Gasteiger partial charge in [-0.2, -0.15) is 0 Å². The lowest BCUT2D eigenvalue weighted by atomic mass is 10.1. The van der Waals surface area contributed by atoms with Crippen LogP contribution >= 0.6 is 0 Å². The second-order valence-corrected chi connectivity index (χ2v) is 10.8. The van der Waals surface area contributed by atoms with Gasteiger partial charge in [-0.05, 0) is 28.7 Å². The number of hydrogen-bond acceptors (Lipinski definition) is 5. The standard InChI is InChI=1S/C23H27N3O3S/c27-22(15-25-10-12-26(13-11-25)17-9-14-30(28,29)16-17)24-23-20-7-3-1-5-18(20)19-6-2-4-8-21(19)23/h1-8,17,23H,9-16H2,(H,24,27)/t17-/m0/s1. The van der Waals surface area contributed by atoms with Crippen LogP contribution in [0.1, 0.15) is 23.6 Å². The number of carbonyl (C=O) groups is 1. The van der Waals surface area contributed by atoms with Gasteiger partial charge < -0.3 is 5.32 Å². The van der Waals surface area contributed by atoms with Crippen molar-refractivity contribution in [2.75, 3.05) is 44.2 Å². The van der Waals surface area contributed by atoms with Gasteiger partial charge in [0.2, 0.25) is 5.91 Å². The molecule has 0 unspecified atom stereocenters. The van der Waals surface area contributed by atoms with E-state index < -0.39 is 9.84 Å². The summed E-state index contributed by atoms with van der Waals surface area (Å²) in [5.74, 6) is 0.627. The second kappa shape index (κ2) is 7.80. The lowest BCUT2D eigenvalue weighted by Gasteiger charge is -2.37. The first-order valence-electron chi connectivity index (χ1n) is 10.6. The molecule has 0 radical (unpaired) electrons. The Morgan fingerprint density at radius 1 is 0.933 bits per heavy atom. The third-order valence-electron chi connectivity index (χ3n) is 6.64. The lowest BCUT2D eigenvalue weighted by molar-refractivity contribution is -0.123. The van der Waals surface area contributed by atoms with Crippen LogP contribution < -0.4 is 5.32 Å². The first-order chi connectivity index (χ1) is 14.5. The Kier molecular flexibility index (Phi) is 5.13. The number of sulfone groups is 1. The molecule has 1 aliphatic carbocycles. The fourth-order valence-corrected chi connectivity index (χ4v) is 6.83. The van der Waals surface area contributed by atoms with E-state index in [1.165, 1.54) is 11.1 Å². The first kappa shape index (κ1) is 19.7. The van der Waals surface area contributed by atoms with Crippen molar-refractivity contribution in [1.29, 1.82) is 0 Å². The molecule has 2 fully saturated rings. The normalized spacial score (nSPS) is 23.8. The zero-order valence-corrected chi connectivity index (χ0v) is 17.8. The maximum absolute atomic E-state index is 12.9. The lowest BCUT2D eigenvalue weighted by Crippen LogP contribution is -2.52. The Hall–Kier alpha value is -2.22. The predicted molar refractivity (Wildman–Crippen MR) is 117 cm³/mol. The van der Waals surface area contributed by atoms with Crippen molar-refractivity contribution < 1.29 is 13.2 Å². The molecule has 1 amide bonds. The summed E-state index contributed by atoms with van der Waals surface area (Å²) in [5.41, 5.74) is 4.69. The van der Waals surface area contributed by atoms with E-state index in [0.717, 1.165) is 43.7 Å². The molecule has 0 aromatic heterocycles. The minimum absolute atomic E-state index is 0.0309. The number of nitrogens with one attached hydrogen (secondary N) is 1. The van der Waals surface area contributed by atoms with Gasteiger partial charge in [-0.15, -0.1) is 0 Å². The minimum Gasteiger partial charge on any atom is -0.344 e. The average molecular weight is 426 g/mol. The average Bonchev–Trinajstić information content (AvgIpc) is 3.27. The van der Waals surface area contributed by atoms with Gasteiger partial charge in [-0.3, -0.25) is 14.6 Å². The van der Waals surface area contributed by atoms with E-state index in [9.17, 15) is 13.2 Å². The number of amides is 1. The van der Waals surface area contributed by atoms with Gasteiger partial charge in [-0.1, -0.05) is 48.5 Å². The van der Waals surface area contributed by atoms with Crippen molar-refractivity contribution in [3.63, 3.8) is 0 Å². The van der Waals surface area contributed by atoms with Gasteiger partial charge in [0.15, 0.2) is 9.84 Å². The fourth-order valence-electron chi connectivity index (χ4n) is 5.07. The molecular formula is C23H27N3O3S. The fraction of sp³-hybridized carbons (Fsp3) is 0.435. The highest BCUT2D eigenvalue weighted by Crippen LogP contribution is 2.42. The molecule has 5 rings (SSSR count). The van der Waals surface area contributed by atoms with Crippen LogP contribution in [-0.4, -0.2) is 74.4 Å². The van der Waals surface area contributed by atoms with Crippen LogP contribution in [0.3, 0.4) is 0 Å². The molecule has 2 aromatic carbocycles. The third kappa shape index (κ3) is 3.77. The number of benzene rings is 2. The van der Waals surface area contributed by atoms with E-state index in [1.807, 2.05) is 24.3 Å². The molecule has 3 aliphatic rings. The number of nitrogens with zero attached hydrogens (tertiary/aromatic N) is 2. The Morgan fingerprint density at radius 2 is 1.53 bits per heavy atom. The summed E-state index contributed by atoms with van der Waals surface area (Å²) in [4.78, 5) is 17.3. The zero-order chi connectivity index (χ0) is 20.7. The van der Waals surface area contributed by atoms with Crippen molar-refractivity contribution in [1.82, 2.24) is 15.1 Å². The van der Waals surface area contributed by atoms with E-state index in [2.05, 4.69) is 39.4 Å². The molecule has 2 heterocycles. The van der Waals surface area contributed by atoms with Gasteiger partial charge in [-0.25, -0.2) is 8.42 Å². The molecule has 2 saturated heterocycles. The minimum atomic E-state index is -2.86. The highest BCUT2D eigenvalue weighted by molar-refractivity contribution is 7.91. The van der Waals surface area contributed by atoms with Crippen LogP contribution in [-0.2, 0) is 14.6 Å². The van der Waals surface area contributed by atoms with E-state index in [0.29, 0.717) is 12.3 Å². The van der Waals surface area contributed by atoms with Crippen LogP contribution in [0.5, 0.6) is 0 Å². The highest BCUT2D eigenvalue weighted by atomic mass is 32.2. The molecular weight excluding hydrogens is 398 g/mol. The predicted octanol–water partition coefficient (Wildman–Crippen LogP) is 1.68. The summed E-state index contributed by atoms with van der Waals surface area (Å²) in [6, 6.07) is 16.6. The van der Waals surface area contributed by atoms with Gasteiger partial charge in [0.1, 0.15) is 0 Å². The molecule has 7 heteroatoms. The molecule has 1 atom stereocenters. The Balaban J connectivity index is 1.20. The van der Waals surface area contributed by atoms with Gasteiger partial charge in [0.05, 0.1) is 24.1 Å². The van der Waals surface area contributed by atoms with E-state index in [1.54, 1.807) is 0 Å². The van der Waals surface area contributed by atoms with Crippen molar-refractivity contribution in [3.05, 3.63) is 59.7 Å². The molecule has 6 nitrogen and oxygen atoms in total. The summed E-state index contributed by atoms with van der Waals surface area (Å²) in [7, 11) is -2.86. The van der Waals surface area contributed by atoms with Crippen molar-refractivity contribution in [2.45, 2.75) is 18.5 Å². The Morgan fingerprint density at radius 3 is 2.10 bits per heavy atom. The molecule has 0 bridgehead atoms. The van der Waals surface area contributed by atoms with Crippen molar-refractivity contribution in [3.8, 4) is 11.1 Å². The van der Waals surface area contributed by atoms with Gasteiger partial charge >= 0.3 is 0 Å². The quantitative estimate of drug-likeness (QED) is 0.807. The van der Waals surface area contributed by atoms with Gasteiger partial charge in [0.25, 0.3) is 0 Å². The molecule has 2 aliphatic heterocycles. The molecule has 0 spiro atoms. The van der Waals surface area contributed by atoms with Crippen LogP contribution in [0.4, 0.5) is 0 Å². The Labute approximate surface area is 177 Å². The van der Waals surface area contributed by atoms with Crippen molar-refractivity contribution >= 4 is 15.7 Å². The summed E-state index contributed by atoms with van der Waals surface area (Å²) in [6.45, 7) is 3.60. The first-order valence-corrected chi connectivity index (χ1v) is 12.5. The number of hydrogen-bond donors (Lipinski definition) is 1. The molecule has 30 heavy (non-hydrogen) atoms. The summed E-state index contributed by atoms with van der Waals surface area (Å²) in [5, 5.41) is 3.24. The smallest absolute Gasteiger partial charge is 0.234 e. The summed E-state index contributed by atoms with van der Waals surface area (Å²) < 4.78 is 23.5. The summed E-state index contributed by atoms with van der Waals surface area (Å²) in [6.07, 6.45) is 0.739. The Bertz CT molecular complexity index is 1020. The van der Waals surface area contributed by atoms with E-state index in [4.69, 9.17) is 0 Å². The van der Waals surface area contributed by atoms with E-state index >= 15 is 0 Å². The highest BCUT2D eigenvalue weighted by Gasteiger charge is 2.34. The molecule has 0 saturated carbocycles. The number of rotatable bonds is 4. The number of piperazine rings is 1. The third-order valence-corrected chi connectivity index (χ3v) is 8.39. The monoisotopic (exact) mass is 425 g/mol. The largest absolute Gasteiger partial charge is 0.344 e. The maximum atomic E-state index is 12.9. The summed E-state index contributed by atoms with van der Waals surface area (Å²) >= 11 is 0. The molecule has 158 valence electrons. The van der Waals surface area contributed by atoms with Gasteiger partial charge in [0, 0.05) is 32.2 Å². The van der Waals surface area contributed by atoms with Crippen LogP contribution in [0.25, 0.3) is 11.1 Å². The van der Waals surface area contributed by atoms with Crippen molar-refractivity contribution in [2.24, 2.45) is 0 Å². The van der Waals surface area contributed by atoms with E-state index in [-0.39, 0.29) is 23.7 Å². The topological polar surface area (TPSA) is 69.7 Å². The zero-order valence-electron chi connectivity index (χ0n) is 17.0. The maximum Gasteiger partial charge on any atom is 0.234 e. The molecule has 2 aromatic rings. The SMILES string of the molecule is O=C(CN1CCN([C@H]2CCS(=O)(=O)C2)CC1)NC1c2ccccc2-c2ccccc21. The van der Waals surface area contributed by atoms with Crippen LogP contribution in [0, 0.1) is 0 Å². The number of fused-ring (bicyclic) bond motifs is 3. The number of carbonyl (C=O) groups excluding carboxylic acids is 1. The second-order valence-electron chi connectivity index (χ2n) is 8.54.